The Bertz CT molecular complexity index is 467. The number of anilines is 1. The molecular formula is C16H23NO4. The van der Waals surface area contributed by atoms with E-state index in [2.05, 4.69) is 0 Å². The van der Waals surface area contributed by atoms with E-state index in [1.165, 1.54) is 18.2 Å². The van der Waals surface area contributed by atoms with Gasteiger partial charge >= 0.3 is 11.9 Å². The zero-order chi connectivity index (χ0) is 16.0. The number of hydrogen-bond donors (Lipinski definition) is 1. The molecule has 1 aromatic rings. The Morgan fingerprint density at radius 2 is 1.29 bits per heavy atom. The summed E-state index contributed by atoms with van der Waals surface area (Å²) in [5.74, 6) is -0.501. The van der Waals surface area contributed by atoms with Crippen LogP contribution in [0.25, 0.3) is 0 Å². The third-order valence-electron chi connectivity index (χ3n) is 2.52. The number of carbonyl (C=O) groups is 2. The van der Waals surface area contributed by atoms with Crippen LogP contribution >= 0.6 is 0 Å². The maximum Gasteiger partial charge on any atom is 0.338 e. The molecule has 0 aliphatic heterocycles. The van der Waals surface area contributed by atoms with Crippen LogP contribution in [0.3, 0.4) is 0 Å². The SMILES string of the molecule is CC(C)COC(=O)c1cc(N)cc(C(=O)OCC(C)C)c1. The quantitative estimate of drug-likeness (QED) is 0.644. The summed E-state index contributed by atoms with van der Waals surface area (Å²) in [7, 11) is 0. The Hall–Kier alpha value is -2.04. The number of hydrogen-bond acceptors (Lipinski definition) is 5. The van der Waals surface area contributed by atoms with Crippen molar-refractivity contribution in [3.8, 4) is 0 Å². The fourth-order valence-corrected chi connectivity index (χ4v) is 1.54. The lowest BCUT2D eigenvalue weighted by Crippen LogP contribution is -2.14. The van der Waals surface area contributed by atoms with E-state index in [-0.39, 0.29) is 23.0 Å². The van der Waals surface area contributed by atoms with E-state index in [0.717, 1.165) is 0 Å². The molecule has 0 bridgehead atoms. The number of rotatable bonds is 6. The molecule has 2 N–H and O–H groups in total. The van der Waals surface area contributed by atoms with E-state index in [1.54, 1.807) is 0 Å². The van der Waals surface area contributed by atoms with Crippen molar-refractivity contribution in [2.24, 2.45) is 11.8 Å². The van der Waals surface area contributed by atoms with Gasteiger partial charge in [0.05, 0.1) is 24.3 Å². The molecule has 0 unspecified atom stereocenters. The van der Waals surface area contributed by atoms with Crippen LogP contribution in [0.5, 0.6) is 0 Å². The summed E-state index contributed by atoms with van der Waals surface area (Å²) < 4.78 is 10.3. The van der Waals surface area contributed by atoms with E-state index < -0.39 is 11.9 Å². The van der Waals surface area contributed by atoms with Gasteiger partial charge in [-0.3, -0.25) is 0 Å². The fourth-order valence-electron chi connectivity index (χ4n) is 1.54. The van der Waals surface area contributed by atoms with Crippen molar-refractivity contribution < 1.29 is 19.1 Å². The molecule has 0 saturated heterocycles. The second-order valence-electron chi connectivity index (χ2n) is 5.83. The first-order chi connectivity index (χ1) is 9.79. The van der Waals surface area contributed by atoms with Crippen LogP contribution in [0.1, 0.15) is 48.4 Å². The molecular weight excluding hydrogens is 270 g/mol. The Morgan fingerprint density at radius 1 is 0.905 bits per heavy atom. The second-order valence-corrected chi connectivity index (χ2v) is 5.83. The van der Waals surface area contributed by atoms with Crippen molar-refractivity contribution >= 4 is 17.6 Å². The molecule has 0 aromatic heterocycles. The smallest absolute Gasteiger partial charge is 0.338 e. The third kappa shape index (κ3) is 5.85. The van der Waals surface area contributed by atoms with Crippen molar-refractivity contribution in [1.82, 2.24) is 0 Å². The predicted octanol–water partition coefficient (Wildman–Crippen LogP) is 2.89. The molecule has 0 heterocycles. The number of ether oxygens (including phenoxy) is 2. The van der Waals surface area contributed by atoms with Gasteiger partial charge in [-0.1, -0.05) is 27.7 Å². The van der Waals surface area contributed by atoms with Gasteiger partial charge in [-0.2, -0.15) is 0 Å². The summed E-state index contributed by atoms with van der Waals surface area (Å²) in [6.07, 6.45) is 0. The second kappa shape index (κ2) is 7.67. The number of nitrogens with two attached hydrogens (primary N) is 1. The molecule has 0 atom stereocenters. The molecule has 116 valence electrons. The zero-order valence-corrected chi connectivity index (χ0v) is 13.0. The maximum absolute atomic E-state index is 11.9. The van der Waals surface area contributed by atoms with Crippen molar-refractivity contribution in [3.05, 3.63) is 29.3 Å². The fraction of sp³-hybridized carbons (Fsp3) is 0.500. The maximum atomic E-state index is 11.9. The number of esters is 2. The number of benzene rings is 1. The summed E-state index contributed by atoms with van der Waals surface area (Å²) in [6, 6.07) is 4.42. The van der Waals surface area contributed by atoms with Crippen LogP contribution in [0.2, 0.25) is 0 Å². The Labute approximate surface area is 125 Å². The van der Waals surface area contributed by atoms with Crippen molar-refractivity contribution in [2.45, 2.75) is 27.7 Å². The molecule has 0 radical (unpaired) electrons. The molecule has 1 rings (SSSR count). The van der Waals surface area contributed by atoms with E-state index in [9.17, 15) is 9.59 Å². The summed E-state index contributed by atoms with van der Waals surface area (Å²) in [6.45, 7) is 8.42. The highest BCUT2D eigenvalue weighted by Gasteiger charge is 2.15. The molecule has 21 heavy (non-hydrogen) atoms. The van der Waals surface area contributed by atoms with Gasteiger partial charge in [0.2, 0.25) is 0 Å². The van der Waals surface area contributed by atoms with Gasteiger partial charge in [-0.15, -0.1) is 0 Å². The molecule has 5 nitrogen and oxygen atoms in total. The molecule has 0 fully saturated rings. The summed E-state index contributed by atoms with van der Waals surface area (Å²) in [5.41, 5.74) is 6.57. The minimum atomic E-state index is -0.492. The zero-order valence-electron chi connectivity index (χ0n) is 13.0. The van der Waals surface area contributed by atoms with Gasteiger partial charge in [0.15, 0.2) is 0 Å². The summed E-state index contributed by atoms with van der Waals surface area (Å²) in [4.78, 5) is 23.8. The molecule has 5 heteroatoms. The molecule has 0 aliphatic rings. The van der Waals surface area contributed by atoms with E-state index in [0.29, 0.717) is 18.9 Å². The van der Waals surface area contributed by atoms with Gasteiger partial charge in [0, 0.05) is 5.69 Å². The van der Waals surface area contributed by atoms with Crippen LogP contribution < -0.4 is 5.73 Å². The lowest BCUT2D eigenvalue weighted by Gasteiger charge is -2.10. The minimum absolute atomic E-state index is 0.241. The topological polar surface area (TPSA) is 78.6 Å². The van der Waals surface area contributed by atoms with Gasteiger partial charge in [0.1, 0.15) is 0 Å². The lowest BCUT2D eigenvalue weighted by molar-refractivity contribution is 0.0456. The van der Waals surface area contributed by atoms with Crippen molar-refractivity contribution in [2.75, 3.05) is 18.9 Å². The van der Waals surface area contributed by atoms with Gasteiger partial charge in [-0.25, -0.2) is 9.59 Å². The molecule has 0 spiro atoms. The number of nitrogen functional groups attached to an aromatic ring is 1. The molecule has 0 aliphatic carbocycles. The van der Waals surface area contributed by atoms with Crippen molar-refractivity contribution in [3.63, 3.8) is 0 Å². The van der Waals surface area contributed by atoms with Crippen LogP contribution in [0.4, 0.5) is 5.69 Å². The summed E-state index contributed by atoms with van der Waals surface area (Å²) >= 11 is 0. The molecule has 1 aromatic carbocycles. The first-order valence-corrected chi connectivity index (χ1v) is 7.04. The first-order valence-electron chi connectivity index (χ1n) is 7.04. The van der Waals surface area contributed by atoms with Crippen LogP contribution in [0.15, 0.2) is 18.2 Å². The average Bonchev–Trinajstić information content (AvgIpc) is 2.41. The predicted molar refractivity (Wildman–Crippen MR) is 81.1 cm³/mol. The summed E-state index contributed by atoms with van der Waals surface area (Å²) in [5, 5.41) is 0. The van der Waals surface area contributed by atoms with E-state index >= 15 is 0 Å². The average molecular weight is 293 g/mol. The highest BCUT2D eigenvalue weighted by atomic mass is 16.5. The van der Waals surface area contributed by atoms with Gasteiger partial charge in [-0.05, 0) is 30.0 Å². The van der Waals surface area contributed by atoms with Crippen LogP contribution in [0, 0.1) is 11.8 Å². The standard InChI is InChI=1S/C16H23NO4/c1-10(2)8-20-15(18)12-5-13(7-14(17)6-12)16(19)21-9-11(3)4/h5-7,10-11H,8-9,17H2,1-4H3. The highest BCUT2D eigenvalue weighted by molar-refractivity contribution is 5.96. The molecule has 0 amide bonds. The van der Waals surface area contributed by atoms with E-state index in [4.69, 9.17) is 15.2 Å². The minimum Gasteiger partial charge on any atom is -0.462 e. The van der Waals surface area contributed by atoms with Gasteiger partial charge < -0.3 is 15.2 Å². The van der Waals surface area contributed by atoms with Crippen LogP contribution in [-0.2, 0) is 9.47 Å². The Morgan fingerprint density at radius 3 is 1.62 bits per heavy atom. The Kier molecular flexibility index (Phi) is 6.21. The third-order valence-corrected chi connectivity index (χ3v) is 2.52. The van der Waals surface area contributed by atoms with Crippen molar-refractivity contribution in [1.29, 1.82) is 0 Å². The lowest BCUT2D eigenvalue weighted by atomic mass is 10.1. The monoisotopic (exact) mass is 293 g/mol. The first kappa shape index (κ1) is 17.0. The largest absolute Gasteiger partial charge is 0.462 e. The normalized spacial score (nSPS) is 10.8. The van der Waals surface area contributed by atoms with Crippen LogP contribution in [-0.4, -0.2) is 25.2 Å². The highest BCUT2D eigenvalue weighted by Crippen LogP contribution is 2.15. The molecule has 0 saturated carbocycles. The Balaban J connectivity index is 2.84. The van der Waals surface area contributed by atoms with Gasteiger partial charge in [0.25, 0.3) is 0 Å². The van der Waals surface area contributed by atoms with E-state index in [1.807, 2.05) is 27.7 Å². The number of carbonyl (C=O) groups excluding carboxylic acids is 2.